The fourth-order valence-electron chi connectivity index (χ4n) is 2.89. The van der Waals surface area contributed by atoms with Crippen molar-refractivity contribution in [1.29, 1.82) is 0 Å². The molecular weight excluding hydrogens is 294 g/mol. The van der Waals surface area contributed by atoms with Crippen LogP contribution in [0.2, 0.25) is 0 Å². The van der Waals surface area contributed by atoms with E-state index >= 15 is 0 Å². The number of hydrogen-bond donors (Lipinski definition) is 0. The van der Waals surface area contributed by atoms with Gasteiger partial charge in [0.05, 0.1) is 11.0 Å². The van der Waals surface area contributed by atoms with E-state index in [1.165, 1.54) is 18.2 Å². The quantitative estimate of drug-likeness (QED) is 0.497. The first-order chi connectivity index (χ1) is 11.1. The first kappa shape index (κ1) is 15.0. The van der Waals surface area contributed by atoms with Gasteiger partial charge in [-0.25, -0.2) is 0 Å². The summed E-state index contributed by atoms with van der Waals surface area (Å²) in [5.74, 6) is -0.0866. The third-order valence-electron chi connectivity index (χ3n) is 4.12. The minimum atomic E-state index is -0.444. The lowest BCUT2D eigenvalue weighted by molar-refractivity contribution is -0.384. The lowest BCUT2D eigenvalue weighted by atomic mass is 10.1. The highest BCUT2D eigenvalue weighted by Crippen LogP contribution is 2.25. The van der Waals surface area contributed by atoms with E-state index in [-0.39, 0.29) is 17.6 Å². The van der Waals surface area contributed by atoms with Gasteiger partial charge >= 0.3 is 0 Å². The lowest BCUT2D eigenvalue weighted by Crippen LogP contribution is -2.39. The Balaban J connectivity index is 1.75. The maximum atomic E-state index is 12.4. The van der Waals surface area contributed by atoms with Crippen LogP contribution < -0.4 is 0 Å². The van der Waals surface area contributed by atoms with Gasteiger partial charge in [0.15, 0.2) is 0 Å². The summed E-state index contributed by atoms with van der Waals surface area (Å²) >= 11 is 0. The van der Waals surface area contributed by atoms with E-state index in [1.807, 2.05) is 30.2 Å². The lowest BCUT2D eigenvalue weighted by Gasteiger charge is -2.34. The first-order valence-corrected chi connectivity index (χ1v) is 7.44. The van der Waals surface area contributed by atoms with Crippen LogP contribution in [0.25, 0.3) is 6.08 Å². The van der Waals surface area contributed by atoms with Crippen molar-refractivity contribution in [2.75, 3.05) is 6.54 Å². The smallest absolute Gasteiger partial charge is 0.270 e. The maximum Gasteiger partial charge on any atom is 0.270 e. The van der Waals surface area contributed by atoms with Crippen LogP contribution >= 0.6 is 0 Å². The van der Waals surface area contributed by atoms with Crippen molar-refractivity contribution in [3.63, 3.8) is 0 Å². The van der Waals surface area contributed by atoms with Gasteiger partial charge in [0.25, 0.3) is 5.69 Å². The van der Waals surface area contributed by atoms with Gasteiger partial charge in [0, 0.05) is 43.2 Å². The average Bonchev–Trinajstić information content (AvgIpc) is 3.03. The maximum absolute atomic E-state index is 12.4. The summed E-state index contributed by atoms with van der Waals surface area (Å²) in [5, 5.41) is 10.8. The van der Waals surface area contributed by atoms with Gasteiger partial charge in [-0.05, 0) is 30.7 Å². The van der Waals surface area contributed by atoms with Gasteiger partial charge in [-0.3, -0.25) is 14.9 Å². The minimum absolute atomic E-state index is 0.0148. The number of carbonyl (C=O) groups excluding carboxylic acids is 1. The van der Waals surface area contributed by atoms with Gasteiger partial charge in [-0.15, -0.1) is 0 Å². The molecule has 2 aromatic rings. The van der Waals surface area contributed by atoms with E-state index < -0.39 is 4.92 Å². The Morgan fingerprint density at radius 1 is 1.30 bits per heavy atom. The number of fused-ring (bicyclic) bond motifs is 1. The summed E-state index contributed by atoms with van der Waals surface area (Å²) in [5.41, 5.74) is 1.78. The molecule has 6 nitrogen and oxygen atoms in total. The minimum Gasteiger partial charge on any atom is -0.348 e. The SMILES string of the molecule is C[C@@H]1c2cccn2CCN1C(=O)/C=C/c1cccc([N+](=O)[O-])c1. The number of carbonyl (C=O) groups is 1. The van der Waals surface area contributed by atoms with Crippen LogP contribution in [0.1, 0.15) is 24.2 Å². The van der Waals surface area contributed by atoms with Crippen molar-refractivity contribution in [3.8, 4) is 0 Å². The number of rotatable bonds is 3. The van der Waals surface area contributed by atoms with E-state index in [9.17, 15) is 14.9 Å². The monoisotopic (exact) mass is 311 g/mol. The zero-order valence-electron chi connectivity index (χ0n) is 12.8. The fourth-order valence-corrected chi connectivity index (χ4v) is 2.89. The molecule has 0 saturated carbocycles. The third-order valence-corrected chi connectivity index (χ3v) is 4.12. The molecular formula is C17H17N3O3. The molecule has 0 spiro atoms. The molecule has 118 valence electrons. The third kappa shape index (κ3) is 3.01. The number of benzene rings is 1. The molecule has 1 atom stereocenters. The Kier molecular flexibility index (Phi) is 3.97. The molecule has 23 heavy (non-hydrogen) atoms. The molecule has 0 saturated heterocycles. The van der Waals surface area contributed by atoms with Crippen LogP contribution in [0.15, 0.2) is 48.7 Å². The van der Waals surface area contributed by atoms with Crippen molar-refractivity contribution in [1.82, 2.24) is 9.47 Å². The largest absolute Gasteiger partial charge is 0.348 e. The van der Waals surface area contributed by atoms with Crippen LogP contribution in [0.4, 0.5) is 5.69 Å². The molecule has 1 aliphatic heterocycles. The second-order valence-electron chi connectivity index (χ2n) is 5.52. The highest BCUT2D eigenvalue weighted by atomic mass is 16.6. The Labute approximate surface area is 133 Å². The second-order valence-corrected chi connectivity index (χ2v) is 5.52. The molecule has 3 rings (SSSR count). The van der Waals surface area contributed by atoms with Gasteiger partial charge in [0.1, 0.15) is 0 Å². The average molecular weight is 311 g/mol. The first-order valence-electron chi connectivity index (χ1n) is 7.44. The second kappa shape index (κ2) is 6.08. The van der Waals surface area contributed by atoms with Gasteiger partial charge in [0.2, 0.25) is 5.91 Å². The Morgan fingerprint density at radius 3 is 2.91 bits per heavy atom. The van der Waals surface area contributed by atoms with Crippen LogP contribution in [0.5, 0.6) is 0 Å². The van der Waals surface area contributed by atoms with Gasteiger partial charge < -0.3 is 9.47 Å². The fraction of sp³-hybridized carbons (Fsp3) is 0.235. The van der Waals surface area contributed by atoms with E-state index in [4.69, 9.17) is 0 Å². The van der Waals surface area contributed by atoms with Crippen molar-refractivity contribution in [2.24, 2.45) is 0 Å². The molecule has 0 radical (unpaired) electrons. The van der Waals surface area contributed by atoms with Crippen LogP contribution in [-0.4, -0.2) is 26.8 Å². The number of amides is 1. The number of non-ortho nitro benzene ring substituents is 1. The molecule has 0 aliphatic carbocycles. The number of nitro groups is 1. The molecule has 6 heteroatoms. The number of nitro benzene ring substituents is 1. The van der Waals surface area contributed by atoms with E-state index in [2.05, 4.69) is 4.57 Å². The molecule has 2 heterocycles. The van der Waals surface area contributed by atoms with Crippen LogP contribution in [0, 0.1) is 10.1 Å². The summed E-state index contributed by atoms with van der Waals surface area (Å²) in [4.78, 5) is 24.6. The highest BCUT2D eigenvalue weighted by molar-refractivity contribution is 5.92. The van der Waals surface area contributed by atoms with Crippen LogP contribution in [0.3, 0.4) is 0 Å². The van der Waals surface area contributed by atoms with Crippen molar-refractivity contribution < 1.29 is 9.72 Å². The van der Waals surface area contributed by atoms with Crippen molar-refractivity contribution in [2.45, 2.75) is 19.5 Å². The Hall–Kier alpha value is -2.89. The molecule has 0 bridgehead atoms. The number of hydrogen-bond acceptors (Lipinski definition) is 3. The summed E-state index contributed by atoms with van der Waals surface area (Å²) in [6.45, 7) is 3.44. The van der Waals surface area contributed by atoms with Crippen molar-refractivity contribution >= 4 is 17.7 Å². The molecule has 1 aliphatic rings. The summed E-state index contributed by atoms with van der Waals surface area (Å²) in [6.07, 6.45) is 5.12. The van der Waals surface area contributed by atoms with E-state index in [1.54, 1.807) is 18.2 Å². The van der Waals surface area contributed by atoms with Crippen molar-refractivity contribution in [3.05, 3.63) is 70.0 Å². The normalized spacial score (nSPS) is 17.3. The molecule has 1 amide bonds. The molecule has 0 fully saturated rings. The zero-order chi connectivity index (χ0) is 16.4. The highest BCUT2D eigenvalue weighted by Gasteiger charge is 2.25. The summed E-state index contributed by atoms with van der Waals surface area (Å²) < 4.78 is 2.15. The summed E-state index contributed by atoms with van der Waals surface area (Å²) in [7, 11) is 0. The number of nitrogens with zero attached hydrogens (tertiary/aromatic N) is 3. The zero-order valence-corrected chi connectivity index (χ0v) is 12.8. The predicted molar refractivity (Wildman–Crippen MR) is 86.7 cm³/mol. The van der Waals surface area contributed by atoms with E-state index in [0.717, 1.165) is 12.2 Å². The molecule has 1 aromatic heterocycles. The molecule has 0 N–H and O–H groups in total. The molecule has 0 unspecified atom stereocenters. The standard InChI is InChI=1S/C17H17N3O3/c1-13-16-6-3-9-18(16)10-11-19(13)17(21)8-7-14-4-2-5-15(12-14)20(22)23/h2-9,12-13H,10-11H2,1H3/b8-7+/t13-/m1/s1. The van der Waals surface area contributed by atoms with Gasteiger partial charge in [-0.1, -0.05) is 12.1 Å². The predicted octanol–water partition coefficient (Wildman–Crippen LogP) is 3.01. The van der Waals surface area contributed by atoms with E-state index in [0.29, 0.717) is 12.1 Å². The van der Waals surface area contributed by atoms with Crippen LogP contribution in [-0.2, 0) is 11.3 Å². The topological polar surface area (TPSA) is 68.4 Å². The number of aromatic nitrogens is 1. The molecule has 1 aromatic carbocycles. The Bertz CT molecular complexity index is 779. The van der Waals surface area contributed by atoms with Gasteiger partial charge in [-0.2, -0.15) is 0 Å². The Morgan fingerprint density at radius 2 is 2.13 bits per heavy atom. The summed E-state index contributed by atoms with van der Waals surface area (Å²) in [6, 6.07) is 10.3.